The lowest BCUT2D eigenvalue weighted by molar-refractivity contribution is 0.179. The van der Waals surface area contributed by atoms with E-state index in [1.165, 1.54) is 0 Å². The highest BCUT2D eigenvalue weighted by Crippen LogP contribution is 2.14. The average molecular weight is 336 g/mol. The molecule has 0 N–H and O–H groups in total. The molecule has 1 aliphatic rings. The molecule has 1 fully saturated rings. The standard InChI is InChI=1S/C16H24N4O2S/c1-2-3-12-23(21,22)19-10-8-18(9-11-19)14-15-13-17-16-6-4-5-7-20(15)16/h4-7,13H,2-3,8-12,14H2,1H3. The molecule has 2 aromatic heterocycles. The maximum atomic E-state index is 12.2. The first-order valence-corrected chi connectivity index (χ1v) is 9.82. The number of unbranched alkanes of at least 4 members (excludes halogenated alkanes) is 1. The summed E-state index contributed by atoms with van der Waals surface area (Å²) in [6.45, 7) is 5.53. The van der Waals surface area contributed by atoms with Crippen LogP contribution in [0.4, 0.5) is 0 Å². The van der Waals surface area contributed by atoms with Gasteiger partial charge in [-0.2, -0.15) is 4.31 Å². The van der Waals surface area contributed by atoms with Crippen molar-refractivity contribution in [3.8, 4) is 0 Å². The van der Waals surface area contributed by atoms with Crippen molar-refractivity contribution in [2.75, 3.05) is 31.9 Å². The lowest BCUT2D eigenvalue weighted by atomic mass is 10.3. The van der Waals surface area contributed by atoms with Crippen LogP contribution in [0.3, 0.4) is 0 Å². The van der Waals surface area contributed by atoms with E-state index in [2.05, 4.69) is 14.3 Å². The Labute approximate surface area is 137 Å². The quantitative estimate of drug-likeness (QED) is 0.804. The molecule has 3 heterocycles. The minimum Gasteiger partial charge on any atom is -0.303 e. The van der Waals surface area contributed by atoms with Crippen LogP contribution in [0.15, 0.2) is 30.6 Å². The number of imidazole rings is 1. The molecule has 0 saturated carbocycles. The lowest BCUT2D eigenvalue weighted by Crippen LogP contribution is -2.48. The molecule has 23 heavy (non-hydrogen) atoms. The summed E-state index contributed by atoms with van der Waals surface area (Å²) in [7, 11) is -3.08. The highest BCUT2D eigenvalue weighted by atomic mass is 32.2. The van der Waals surface area contributed by atoms with Crippen LogP contribution in [-0.2, 0) is 16.6 Å². The average Bonchev–Trinajstić information content (AvgIpc) is 2.97. The van der Waals surface area contributed by atoms with E-state index in [1.54, 1.807) is 4.31 Å². The summed E-state index contributed by atoms with van der Waals surface area (Å²) in [6, 6.07) is 5.96. The van der Waals surface area contributed by atoms with Gasteiger partial charge in [-0.3, -0.25) is 4.90 Å². The molecule has 0 unspecified atom stereocenters. The topological polar surface area (TPSA) is 57.9 Å². The molecule has 0 atom stereocenters. The fraction of sp³-hybridized carbons (Fsp3) is 0.562. The van der Waals surface area contributed by atoms with E-state index in [0.29, 0.717) is 13.1 Å². The number of rotatable bonds is 6. The van der Waals surface area contributed by atoms with Gasteiger partial charge in [0.05, 0.1) is 17.6 Å². The van der Waals surface area contributed by atoms with Crippen LogP contribution in [0.25, 0.3) is 5.65 Å². The van der Waals surface area contributed by atoms with Crippen LogP contribution in [0.5, 0.6) is 0 Å². The van der Waals surface area contributed by atoms with E-state index in [9.17, 15) is 8.42 Å². The normalized spacial score (nSPS) is 17.8. The first-order valence-electron chi connectivity index (χ1n) is 8.21. The van der Waals surface area contributed by atoms with E-state index in [4.69, 9.17) is 0 Å². The summed E-state index contributed by atoms with van der Waals surface area (Å²) in [4.78, 5) is 6.70. The van der Waals surface area contributed by atoms with Crippen LogP contribution >= 0.6 is 0 Å². The van der Waals surface area contributed by atoms with Crippen molar-refractivity contribution < 1.29 is 8.42 Å². The van der Waals surface area contributed by atoms with Gasteiger partial charge >= 0.3 is 0 Å². The maximum Gasteiger partial charge on any atom is 0.214 e. The molecule has 1 aliphatic heterocycles. The Morgan fingerprint density at radius 3 is 2.70 bits per heavy atom. The number of hydrogen-bond acceptors (Lipinski definition) is 4. The number of nitrogens with zero attached hydrogens (tertiary/aromatic N) is 4. The summed E-state index contributed by atoms with van der Waals surface area (Å²) in [5.74, 6) is 0.275. The summed E-state index contributed by atoms with van der Waals surface area (Å²) in [5, 5.41) is 0. The second kappa shape index (κ2) is 6.98. The Morgan fingerprint density at radius 1 is 1.17 bits per heavy atom. The second-order valence-electron chi connectivity index (χ2n) is 6.02. The molecule has 0 aromatic carbocycles. The zero-order valence-electron chi connectivity index (χ0n) is 13.6. The second-order valence-corrected chi connectivity index (χ2v) is 8.11. The predicted molar refractivity (Wildman–Crippen MR) is 90.7 cm³/mol. The first kappa shape index (κ1) is 16.4. The summed E-state index contributed by atoms with van der Waals surface area (Å²) in [6.07, 6.45) is 5.57. The molecule has 126 valence electrons. The fourth-order valence-electron chi connectivity index (χ4n) is 2.95. The van der Waals surface area contributed by atoms with Crippen LogP contribution in [-0.4, -0.2) is 58.9 Å². The molecular formula is C16H24N4O2S. The Kier molecular flexibility index (Phi) is 4.99. The Morgan fingerprint density at radius 2 is 1.96 bits per heavy atom. The predicted octanol–water partition coefficient (Wildman–Crippen LogP) is 1.58. The van der Waals surface area contributed by atoms with Gasteiger partial charge in [-0.1, -0.05) is 19.4 Å². The zero-order valence-corrected chi connectivity index (χ0v) is 14.4. The number of aromatic nitrogens is 2. The molecule has 2 aromatic rings. The molecule has 6 nitrogen and oxygen atoms in total. The third-order valence-corrected chi connectivity index (χ3v) is 6.32. The third kappa shape index (κ3) is 3.73. The van der Waals surface area contributed by atoms with Crippen LogP contribution in [0.2, 0.25) is 0 Å². The largest absolute Gasteiger partial charge is 0.303 e. The molecule has 0 aliphatic carbocycles. The van der Waals surface area contributed by atoms with Gasteiger partial charge < -0.3 is 4.40 Å². The minimum atomic E-state index is -3.08. The Balaban J connectivity index is 1.59. The molecule has 0 bridgehead atoms. The van der Waals surface area contributed by atoms with Gasteiger partial charge in [0, 0.05) is 38.9 Å². The van der Waals surface area contributed by atoms with Crippen LogP contribution in [0, 0.1) is 0 Å². The summed E-state index contributed by atoms with van der Waals surface area (Å²) in [5.41, 5.74) is 2.09. The van der Waals surface area contributed by atoms with Crippen LogP contribution in [0.1, 0.15) is 25.5 Å². The number of hydrogen-bond donors (Lipinski definition) is 0. The van der Waals surface area contributed by atoms with Crippen molar-refractivity contribution >= 4 is 15.7 Å². The molecule has 0 radical (unpaired) electrons. The third-order valence-electron chi connectivity index (χ3n) is 4.36. The smallest absolute Gasteiger partial charge is 0.214 e. The van der Waals surface area contributed by atoms with Crippen molar-refractivity contribution in [2.24, 2.45) is 0 Å². The number of pyridine rings is 1. The van der Waals surface area contributed by atoms with Gasteiger partial charge in [-0.25, -0.2) is 13.4 Å². The molecular weight excluding hydrogens is 312 g/mol. The highest BCUT2D eigenvalue weighted by Gasteiger charge is 2.26. The van der Waals surface area contributed by atoms with Crippen molar-refractivity contribution in [2.45, 2.75) is 26.3 Å². The van der Waals surface area contributed by atoms with E-state index in [0.717, 1.165) is 43.8 Å². The highest BCUT2D eigenvalue weighted by molar-refractivity contribution is 7.89. The molecule has 7 heteroatoms. The van der Waals surface area contributed by atoms with E-state index < -0.39 is 10.0 Å². The van der Waals surface area contributed by atoms with Gasteiger partial charge in [0.15, 0.2) is 0 Å². The number of fused-ring (bicyclic) bond motifs is 1. The van der Waals surface area contributed by atoms with Crippen molar-refractivity contribution in [3.05, 3.63) is 36.3 Å². The van der Waals surface area contributed by atoms with Gasteiger partial charge in [-0.15, -0.1) is 0 Å². The van der Waals surface area contributed by atoms with Crippen molar-refractivity contribution in [1.29, 1.82) is 0 Å². The van der Waals surface area contributed by atoms with Gasteiger partial charge in [0.2, 0.25) is 10.0 Å². The minimum absolute atomic E-state index is 0.275. The van der Waals surface area contributed by atoms with E-state index in [1.807, 2.05) is 37.5 Å². The molecule has 3 rings (SSSR count). The maximum absolute atomic E-state index is 12.2. The van der Waals surface area contributed by atoms with Crippen molar-refractivity contribution in [1.82, 2.24) is 18.6 Å². The first-order chi connectivity index (χ1) is 11.1. The van der Waals surface area contributed by atoms with Gasteiger partial charge in [0.25, 0.3) is 0 Å². The Hall–Kier alpha value is -1.44. The van der Waals surface area contributed by atoms with Crippen molar-refractivity contribution in [3.63, 3.8) is 0 Å². The SMILES string of the molecule is CCCCS(=O)(=O)N1CCN(Cc2cnc3ccccn23)CC1. The number of sulfonamides is 1. The molecule has 1 saturated heterocycles. The summed E-state index contributed by atoms with van der Waals surface area (Å²) >= 11 is 0. The monoisotopic (exact) mass is 336 g/mol. The lowest BCUT2D eigenvalue weighted by Gasteiger charge is -2.33. The summed E-state index contributed by atoms with van der Waals surface area (Å²) < 4.78 is 28.2. The van der Waals surface area contributed by atoms with E-state index in [-0.39, 0.29) is 5.75 Å². The van der Waals surface area contributed by atoms with Crippen LogP contribution < -0.4 is 0 Å². The Bertz CT molecular complexity index is 748. The van der Waals surface area contributed by atoms with Gasteiger partial charge in [0.1, 0.15) is 5.65 Å². The number of piperazine rings is 1. The molecule has 0 amide bonds. The fourth-order valence-corrected chi connectivity index (χ4v) is 4.58. The molecule has 0 spiro atoms. The van der Waals surface area contributed by atoms with E-state index >= 15 is 0 Å². The van der Waals surface area contributed by atoms with Gasteiger partial charge in [-0.05, 0) is 18.6 Å². The zero-order chi connectivity index (χ0) is 16.3.